The first-order chi connectivity index (χ1) is 7.59. The van der Waals surface area contributed by atoms with Crippen molar-refractivity contribution in [2.45, 2.75) is 25.3 Å². The molecular weight excluding hydrogens is 200 g/mol. The SMILES string of the molecule is CC1CC(C(=O)N(C)C)c2ccccc2N1. The van der Waals surface area contributed by atoms with Gasteiger partial charge in [0.15, 0.2) is 0 Å². The maximum atomic E-state index is 12.1. The topological polar surface area (TPSA) is 32.3 Å². The highest BCUT2D eigenvalue weighted by molar-refractivity contribution is 5.86. The summed E-state index contributed by atoms with van der Waals surface area (Å²) in [7, 11) is 3.63. The molecule has 0 spiro atoms. The van der Waals surface area contributed by atoms with E-state index in [1.807, 2.05) is 38.4 Å². The molecule has 0 radical (unpaired) electrons. The van der Waals surface area contributed by atoms with Gasteiger partial charge in [0.2, 0.25) is 5.91 Å². The van der Waals surface area contributed by atoms with Crippen molar-refractivity contribution < 1.29 is 4.79 Å². The Morgan fingerprint density at radius 3 is 2.75 bits per heavy atom. The first-order valence-corrected chi connectivity index (χ1v) is 5.66. The lowest BCUT2D eigenvalue weighted by Gasteiger charge is -2.31. The number of carbonyl (C=O) groups is 1. The van der Waals surface area contributed by atoms with Crippen LogP contribution in [-0.4, -0.2) is 30.9 Å². The van der Waals surface area contributed by atoms with Crippen LogP contribution in [-0.2, 0) is 4.79 Å². The average molecular weight is 218 g/mol. The zero-order chi connectivity index (χ0) is 11.7. The second-order valence-corrected chi connectivity index (χ2v) is 4.65. The van der Waals surface area contributed by atoms with Gasteiger partial charge in [-0.05, 0) is 25.0 Å². The summed E-state index contributed by atoms with van der Waals surface area (Å²) in [6.45, 7) is 2.12. The molecule has 16 heavy (non-hydrogen) atoms. The standard InChI is InChI=1S/C13H18N2O/c1-9-8-11(13(16)15(2)3)10-6-4-5-7-12(10)14-9/h4-7,9,11,14H,8H2,1-3H3. The quantitative estimate of drug-likeness (QED) is 0.782. The van der Waals surface area contributed by atoms with Crippen molar-refractivity contribution in [3.05, 3.63) is 29.8 Å². The number of rotatable bonds is 1. The Balaban J connectivity index is 2.37. The van der Waals surface area contributed by atoms with Crippen LogP contribution >= 0.6 is 0 Å². The number of hydrogen-bond donors (Lipinski definition) is 1. The highest BCUT2D eigenvalue weighted by Crippen LogP contribution is 2.34. The molecule has 1 aliphatic heterocycles. The Morgan fingerprint density at radius 1 is 1.38 bits per heavy atom. The second-order valence-electron chi connectivity index (χ2n) is 4.65. The lowest BCUT2D eigenvalue weighted by Crippen LogP contribution is -2.35. The molecule has 3 heteroatoms. The first-order valence-electron chi connectivity index (χ1n) is 5.66. The molecule has 0 fully saturated rings. The molecule has 1 amide bonds. The molecule has 1 aromatic carbocycles. The Morgan fingerprint density at radius 2 is 2.06 bits per heavy atom. The van der Waals surface area contributed by atoms with Crippen LogP contribution in [0.5, 0.6) is 0 Å². The maximum absolute atomic E-state index is 12.1. The van der Waals surface area contributed by atoms with Gasteiger partial charge in [-0.2, -0.15) is 0 Å². The number of anilines is 1. The molecule has 1 aromatic rings. The van der Waals surface area contributed by atoms with Gasteiger partial charge in [0, 0.05) is 25.8 Å². The minimum atomic E-state index is 0.00227. The third-order valence-electron chi connectivity index (χ3n) is 3.07. The van der Waals surface area contributed by atoms with Crippen LogP contribution in [0.3, 0.4) is 0 Å². The highest BCUT2D eigenvalue weighted by atomic mass is 16.2. The van der Waals surface area contributed by atoms with Gasteiger partial charge in [-0.3, -0.25) is 4.79 Å². The Bertz CT molecular complexity index is 401. The number of hydrogen-bond acceptors (Lipinski definition) is 2. The molecule has 2 rings (SSSR count). The molecule has 1 aliphatic rings. The Kier molecular flexibility index (Phi) is 2.86. The van der Waals surface area contributed by atoms with E-state index in [-0.39, 0.29) is 11.8 Å². The number of para-hydroxylation sites is 1. The lowest BCUT2D eigenvalue weighted by atomic mass is 9.86. The van der Waals surface area contributed by atoms with Gasteiger partial charge in [0.25, 0.3) is 0 Å². The van der Waals surface area contributed by atoms with Gasteiger partial charge in [0.05, 0.1) is 5.92 Å². The molecule has 1 heterocycles. The summed E-state index contributed by atoms with van der Waals surface area (Å²) >= 11 is 0. The molecule has 0 aliphatic carbocycles. The van der Waals surface area contributed by atoms with Crippen LogP contribution in [0.15, 0.2) is 24.3 Å². The van der Waals surface area contributed by atoms with E-state index in [1.54, 1.807) is 4.90 Å². The van der Waals surface area contributed by atoms with Gasteiger partial charge in [-0.15, -0.1) is 0 Å². The molecule has 2 unspecified atom stereocenters. The summed E-state index contributed by atoms with van der Waals surface area (Å²) in [5, 5.41) is 3.41. The molecule has 0 saturated heterocycles. The van der Waals surface area contributed by atoms with Crippen molar-refractivity contribution in [2.24, 2.45) is 0 Å². The number of benzene rings is 1. The molecule has 0 saturated carbocycles. The zero-order valence-electron chi connectivity index (χ0n) is 10.0. The summed E-state index contributed by atoms with van der Waals surface area (Å²) in [5.74, 6) is 0.197. The van der Waals surface area contributed by atoms with Crippen LogP contribution in [0.4, 0.5) is 5.69 Å². The minimum absolute atomic E-state index is 0.00227. The van der Waals surface area contributed by atoms with Crippen molar-refractivity contribution in [2.75, 3.05) is 19.4 Å². The number of nitrogens with zero attached hydrogens (tertiary/aromatic N) is 1. The number of nitrogens with one attached hydrogen (secondary N) is 1. The van der Waals surface area contributed by atoms with Crippen molar-refractivity contribution in [3.8, 4) is 0 Å². The molecule has 1 N–H and O–H groups in total. The fourth-order valence-corrected chi connectivity index (χ4v) is 2.28. The van der Waals surface area contributed by atoms with E-state index in [0.29, 0.717) is 6.04 Å². The zero-order valence-corrected chi connectivity index (χ0v) is 10.0. The third-order valence-corrected chi connectivity index (χ3v) is 3.07. The van der Waals surface area contributed by atoms with E-state index in [2.05, 4.69) is 12.2 Å². The van der Waals surface area contributed by atoms with E-state index in [9.17, 15) is 4.79 Å². The average Bonchev–Trinajstić information content (AvgIpc) is 2.26. The van der Waals surface area contributed by atoms with E-state index in [4.69, 9.17) is 0 Å². The number of fused-ring (bicyclic) bond motifs is 1. The molecule has 3 nitrogen and oxygen atoms in total. The van der Waals surface area contributed by atoms with Gasteiger partial charge in [-0.25, -0.2) is 0 Å². The molecule has 2 atom stereocenters. The first kappa shape index (κ1) is 11.0. The van der Waals surface area contributed by atoms with E-state index >= 15 is 0 Å². The van der Waals surface area contributed by atoms with Crippen LogP contribution in [0.2, 0.25) is 0 Å². The predicted octanol–water partition coefficient (Wildman–Crippen LogP) is 2.06. The molecule has 0 bridgehead atoms. The smallest absolute Gasteiger partial charge is 0.229 e. The monoisotopic (exact) mass is 218 g/mol. The summed E-state index contributed by atoms with van der Waals surface area (Å²) in [4.78, 5) is 13.8. The normalized spacial score (nSPS) is 23.2. The fraction of sp³-hybridized carbons (Fsp3) is 0.462. The van der Waals surface area contributed by atoms with Crippen molar-refractivity contribution in [1.29, 1.82) is 0 Å². The van der Waals surface area contributed by atoms with Crippen molar-refractivity contribution in [1.82, 2.24) is 4.90 Å². The van der Waals surface area contributed by atoms with E-state index < -0.39 is 0 Å². The molecule has 0 aromatic heterocycles. The van der Waals surface area contributed by atoms with Crippen LogP contribution in [0.1, 0.15) is 24.8 Å². The van der Waals surface area contributed by atoms with Gasteiger partial charge < -0.3 is 10.2 Å². The summed E-state index contributed by atoms with van der Waals surface area (Å²) in [6, 6.07) is 8.43. The van der Waals surface area contributed by atoms with Crippen LogP contribution < -0.4 is 5.32 Å². The van der Waals surface area contributed by atoms with Gasteiger partial charge in [-0.1, -0.05) is 18.2 Å². The molecule has 86 valence electrons. The van der Waals surface area contributed by atoms with E-state index in [0.717, 1.165) is 17.7 Å². The van der Waals surface area contributed by atoms with Crippen molar-refractivity contribution >= 4 is 11.6 Å². The summed E-state index contributed by atoms with van der Waals surface area (Å²) < 4.78 is 0. The highest BCUT2D eigenvalue weighted by Gasteiger charge is 2.30. The van der Waals surface area contributed by atoms with Crippen molar-refractivity contribution in [3.63, 3.8) is 0 Å². The number of carbonyl (C=O) groups excluding carboxylic acids is 1. The second kappa shape index (κ2) is 4.16. The third kappa shape index (κ3) is 1.90. The van der Waals surface area contributed by atoms with Crippen LogP contribution in [0, 0.1) is 0 Å². The predicted molar refractivity (Wildman–Crippen MR) is 65.6 cm³/mol. The number of likely N-dealkylation sites (N-methyl/N-ethyl adjacent to an activating group) is 1. The largest absolute Gasteiger partial charge is 0.382 e. The molecular formula is C13H18N2O. The Labute approximate surface area is 96.5 Å². The summed E-state index contributed by atoms with van der Waals surface area (Å²) in [5.41, 5.74) is 2.22. The van der Waals surface area contributed by atoms with Gasteiger partial charge >= 0.3 is 0 Å². The lowest BCUT2D eigenvalue weighted by molar-refractivity contribution is -0.130. The van der Waals surface area contributed by atoms with Crippen LogP contribution in [0.25, 0.3) is 0 Å². The van der Waals surface area contributed by atoms with Gasteiger partial charge in [0.1, 0.15) is 0 Å². The Hall–Kier alpha value is -1.51. The number of amides is 1. The maximum Gasteiger partial charge on any atom is 0.229 e. The fourth-order valence-electron chi connectivity index (χ4n) is 2.28. The van der Waals surface area contributed by atoms with E-state index in [1.165, 1.54) is 0 Å². The summed E-state index contributed by atoms with van der Waals surface area (Å²) in [6.07, 6.45) is 0.869. The minimum Gasteiger partial charge on any atom is -0.382 e.